The van der Waals surface area contributed by atoms with Crippen molar-refractivity contribution in [1.29, 1.82) is 0 Å². The Hall–Kier alpha value is -1.20. The van der Waals surface area contributed by atoms with Crippen LogP contribution in [0.5, 0.6) is 0 Å². The smallest absolute Gasteiger partial charge is 0.141 e. The normalized spacial score (nSPS) is 23.5. The van der Waals surface area contributed by atoms with Gasteiger partial charge in [-0.1, -0.05) is 6.92 Å². The molecule has 0 N–H and O–H groups in total. The first kappa shape index (κ1) is 14.4. The van der Waals surface area contributed by atoms with Gasteiger partial charge in [0.1, 0.15) is 17.0 Å². The molecular formula is C17H24N4S. The van der Waals surface area contributed by atoms with Crippen LogP contribution in [-0.4, -0.2) is 48.1 Å². The Kier molecular flexibility index (Phi) is 3.78. The minimum absolute atomic E-state index is 0.809. The summed E-state index contributed by atoms with van der Waals surface area (Å²) >= 11 is 1.90. The van der Waals surface area contributed by atoms with Gasteiger partial charge in [-0.25, -0.2) is 9.97 Å². The summed E-state index contributed by atoms with van der Waals surface area (Å²) in [6.07, 6.45) is 6.70. The highest BCUT2D eigenvalue weighted by atomic mass is 32.1. The predicted molar refractivity (Wildman–Crippen MR) is 92.9 cm³/mol. The van der Waals surface area contributed by atoms with Crippen molar-refractivity contribution in [2.75, 3.05) is 38.1 Å². The van der Waals surface area contributed by atoms with Gasteiger partial charge in [0.15, 0.2) is 0 Å². The molecule has 0 aromatic carbocycles. The second kappa shape index (κ2) is 5.78. The fraction of sp³-hybridized carbons (Fsp3) is 0.647. The molecule has 118 valence electrons. The first-order chi connectivity index (χ1) is 10.7. The van der Waals surface area contributed by atoms with Gasteiger partial charge in [-0.2, -0.15) is 0 Å². The predicted octanol–water partition coefficient (Wildman–Crippen LogP) is 2.96. The van der Waals surface area contributed by atoms with Crippen molar-refractivity contribution in [2.24, 2.45) is 5.92 Å². The Bertz CT molecular complexity index is 681. The molecule has 0 amide bonds. The van der Waals surface area contributed by atoms with Crippen molar-refractivity contribution in [3.8, 4) is 0 Å². The van der Waals surface area contributed by atoms with Crippen LogP contribution in [0.2, 0.25) is 0 Å². The maximum atomic E-state index is 4.70. The Labute approximate surface area is 136 Å². The lowest BCUT2D eigenvalue weighted by molar-refractivity contribution is 0.360. The number of aromatic nitrogens is 2. The van der Waals surface area contributed by atoms with Gasteiger partial charge in [-0.05, 0) is 50.8 Å². The first-order valence-corrected chi connectivity index (χ1v) is 9.23. The third kappa shape index (κ3) is 2.50. The monoisotopic (exact) mass is 316 g/mol. The summed E-state index contributed by atoms with van der Waals surface area (Å²) in [7, 11) is 2.22. The van der Waals surface area contributed by atoms with Crippen molar-refractivity contribution in [1.82, 2.24) is 14.9 Å². The van der Waals surface area contributed by atoms with Crippen LogP contribution in [0.1, 0.15) is 30.2 Å². The lowest BCUT2D eigenvalue weighted by atomic mass is 9.89. The summed E-state index contributed by atoms with van der Waals surface area (Å²) in [6.45, 7) is 6.85. The minimum atomic E-state index is 0.809. The molecule has 1 fully saturated rings. The van der Waals surface area contributed by atoms with E-state index >= 15 is 0 Å². The number of hydrogen-bond donors (Lipinski definition) is 0. The van der Waals surface area contributed by atoms with Crippen molar-refractivity contribution < 1.29 is 0 Å². The van der Waals surface area contributed by atoms with Gasteiger partial charge in [0.2, 0.25) is 0 Å². The van der Waals surface area contributed by atoms with E-state index in [9.17, 15) is 0 Å². The molecule has 1 unspecified atom stereocenters. The van der Waals surface area contributed by atoms with E-state index in [2.05, 4.69) is 28.8 Å². The first-order valence-electron chi connectivity index (χ1n) is 8.41. The second-order valence-corrected chi connectivity index (χ2v) is 7.96. The van der Waals surface area contributed by atoms with Gasteiger partial charge in [0, 0.05) is 24.5 Å². The quantitative estimate of drug-likeness (QED) is 0.810. The molecule has 2 aromatic rings. The molecule has 5 heteroatoms. The average Bonchev–Trinajstić information content (AvgIpc) is 2.73. The van der Waals surface area contributed by atoms with Gasteiger partial charge >= 0.3 is 0 Å². The van der Waals surface area contributed by atoms with Crippen LogP contribution in [0, 0.1) is 5.92 Å². The SMILES string of the molecule is CC1CCc2c(sc3ncnc(N4CCCN(C)CC4)c23)C1. The van der Waals surface area contributed by atoms with Crippen molar-refractivity contribution >= 4 is 27.4 Å². The maximum absolute atomic E-state index is 4.70. The van der Waals surface area contributed by atoms with E-state index in [4.69, 9.17) is 4.98 Å². The zero-order valence-electron chi connectivity index (χ0n) is 13.5. The summed E-state index contributed by atoms with van der Waals surface area (Å²) in [5, 5.41) is 1.36. The summed E-state index contributed by atoms with van der Waals surface area (Å²) in [4.78, 5) is 16.9. The third-order valence-electron chi connectivity index (χ3n) is 5.09. The number of rotatable bonds is 1. The van der Waals surface area contributed by atoms with E-state index in [0.29, 0.717) is 0 Å². The van der Waals surface area contributed by atoms with Crippen LogP contribution >= 0.6 is 11.3 Å². The number of nitrogens with zero attached hydrogens (tertiary/aromatic N) is 4. The topological polar surface area (TPSA) is 32.3 Å². The molecule has 3 heterocycles. The zero-order chi connectivity index (χ0) is 15.1. The largest absolute Gasteiger partial charge is 0.355 e. The molecule has 4 nitrogen and oxygen atoms in total. The van der Waals surface area contributed by atoms with E-state index in [1.54, 1.807) is 16.8 Å². The van der Waals surface area contributed by atoms with Gasteiger partial charge in [0.05, 0.1) is 5.39 Å². The molecule has 1 saturated heterocycles. The molecule has 22 heavy (non-hydrogen) atoms. The van der Waals surface area contributed by atoms with E-state index in [-0.39, 0.29) is 0 Å². The highest BCUT2D eigenvalue weighted by molar-refractivity contribution is 7.19. The number of anilines is 1. The maximum Gasteiger partial charge on any atom is 0.141 e. The fourth-order valence-electron chi connectivity index (χ4n) is 3.76. The Morgan fingerprint density at radius 1 is 1.18 bits per heavy atom. The van der Waals surface area contributed by atoms with E-state index in [0.717, 1.165) is 25.6 Å². The van der Waals surface area contributed by atoms with Crippen molar-refractivity contribution in [3.63, 3.8) is 0 Å². The summed E-state index contributed by atoms with van der Waals surface area (Å²) < 4.78 is 0. The van der Waals surface area contributed by atoms with Gasteiger partial charge in [-0.15, -0.1) is 11.3 Å². The van der Waals surface area contributed by atoms with E-state index in [1.807, 2.05) is 11.3 Å². The highest BCUT2D eigenvalue weighted by Crippen LogP contribution is 2.40. The van der Waals surface area contributed by atoms with Gasteiger partial charge in [-0.3, -0.25) is 0 Å². The number of likely N-dealkylation sites (N-methyl/N-ethyl adjacent to an activating group) is 1. The van der Waals surface area contributed by atoms with Crippen LogP contribution < -0.4 is 4.90 Å². The summed E-state index contributed by atoms with van der Waals surface area (Å²) in [5.74, 6) is 2.00. The molecular weight excluding hydrogens is 292 g/mol. The fourth-order valence-corrected chi connectivity index (χ4v) is 5.10. The van der Waals surface area contributed by atoms with Gasteiger partial charge < -0.3 is 9.80 Å². The van der Waals surface area contributed by atoms with E-state index < -0.39 is 0 Å². The van der Waals surface area contributed by atoms with Crippen LogP contribution in [-0.2, 0) is 12.8 Å². The molecule has 1 aliphatic carbocycles. The van der Waals surface area contributed by atoms with E-state index in [1.165, 1.54) is 48.3 Å². The highest BCUT2D eigenvalue weighted by Gasteiger charge is 2.25. The molecule has 2 aromatic heterocycles. The molecule has 0 radical (unpaired) electrons. The lowest BCUT2D eigenvalue weighted by Crippen LogP contribution is -2.29. The van der Waals surface area contributed by atoms with Crippen LogP contribution in [0.3, 0.4) is 0 Å². The van der Waals surface area contributed by atoms with Gasteiger partial charge in [0.25, 0.3) is 0 Å². The summed E-state index contributed by atoms with van der Waals surface area (Å²) in [5.41, 5.74) is 1.55. The number of hydrogen-bond acceptors (Lipinski definition) is 5. The molecule has 0 bridgehead atoms. The van der Waals surface area contributed by atoms with Crippen LogP contribution in [0.4, 0.5) is 5.82 Å². The van der Waals surface area contributed by atoms with Crippen molar-refractivity contribution in [2.45, 2.75) is 32.6 Å². The molecule has 1 atom stereocenters. The standard InChI is InChI=1S/C17H24N4S/c1-12-4-5-13-14(10-12)22-17-15(13)16(18-11-19-17)21-7-3-6-20(2)8-9-21/h11-12H,3-10H2,1-2H3. The molecule has 0 saturated carbocycles. The molecule has 0 spiro atoms. The lowest BCUT2D eigenvalue weighted by Gasteiger charge is -2.24. The summed E-state index contributed by atoms with van der Waals surface area (Å²) in [6, 6.07) is 0. The zero-order valence-corrected chi connectivity index (χ0v) is 14.3. The number of fused-ring (bicyclic) bond motifs is 3. The Balaban J connectivity index is 1.77. The second-order valence-electron chi connectivity index (χ2n) is 6.87. The molecule has 4 rings (SSSR count). The minimum Gasteiger partial charge on any atom is -0.355 e. The Morgan fingerprint density at radius 2 is 2.09 bits per heavy atom. The molecule has 1 aliphatic heterocycles. The van der Waals surface area contributed by atoms with Crippen LogP contribution in [0.25, 0.3) is 10.2 Å². The van der Waals surface area contributed by atoms with Crippen molar-refractivity contribution in [3.05, 3.63) is 16.8 Å². The Morgan fingerprint density at radius 3 is 3.00 bits per heavy atom. The molecule has 2 aliphatic rings. The number of aryl methyl sites for hydroxylation is 1. The average molecular weight is 316 g/mol. The van der Waals surface area contributed by atoms with Crippen LogP contribution in [0.15, 0.2) is 6.33 Å². The number of thiophene rings is 1. The third-order valence-corrected chi connectivity index (χ3v) is 6.25.